The van der Waals surface area contributed by atoms with Gasteiger partial charge >= 0.3 is 0 Å². The largest absolute Gasteiger partial charge is 0.350 e. The van der Waals surface area contributed by atoms with Crippen LogP contribution in [0.1, 0.15) is 28.9 Å². The highest BCUT2D eigenvalue weighted by Gasteiger charge is 2.28. The maximum Gasteiger partial charge on any atom is 0.257 e. The van der Waals surface area contributed by atoms with Crippen LogP contribution in [0.4, 0.5) is 0 Å². The molecule has 1 saturated carbocycles. The lowest BCUT2D eigenvalue weighted by atomic mass is 10.1. The molecule has 6 nitrogen and oxygen atoms in total. The predicted octanol–water partition coefficient (Wildman–Crippen LogP) is 0.998. The monoisotopic (exact) mass is 260 g/mol. The Balaban J connectivity index is 1.71. The van der Waals surface area contributed by atoms with Gasteiger partial charge in [0.1, 0.15) is 0 Å². The van der Waals surface area contributed by atoms with Crippen LogP contribution in [0.25, 0.3) is 11.1 Å². The van der Waals surface area contributed by atoms with Gasteiger partial charge in [-0.25, -0.2) is 4.98 Å². The first-order valence-corrected chi connectivity index (χ1v) is 6.41. The number of aromatic nitrogens is 2. The highest BCUT2D eigenvalue weighted by atomic mass is 16.5. The molecule has 0 saturated heterocycles. The van der Waals surface area contributed by atoms with E-state index in [1.165, 1.54) is 19.0 Å². The summed E-state index contributed by atoms with van der Waals surface area (Å²) in [6, 6.07) is 1.80. The lowest BCUT2D eigenvalue weighted by Crippen LogP contribution is -2.38. The Morgan fingerprint density at radius 3 is 3.16 bits per heavy atom. The van der Waals surface area contributed by atoms with Gasteiger partial charge in [-0.05, 0) is 31.7 Å². The first kappa shape index (κ1) is 12.1. The van der Waals surface area contributed by atoms with Crippen LogP contribution in [-0.2, 0) is 0 Å². The molecule has 0 radical (unpaired) electrons. The van der Waals surface area contributed by atoms with Crippen LogP contribution in [0, 0.1) is 12.8 Å². The molecule has 100 valence electrons. The van der Waals surface area contributed by atoms with E-state index in [4.69, 9.17) is 10.3 Å². The maximum absolute atomic E-state index is 12.0. The van der Waals surface area contributed by atoms with Gasteiger partial charge in [-0.1, -0.05) is 5.16 Å². The number of nitrogens with zero attached hydrogens (tertiary/aromatic N) is 2. The van der Waals surface area contributed by atoms with Gasteiger partial charge in [-0.3, -0.25) is 4.79 Å². The van der Waals surface area contributed by atoms with Crippen LogP contribution in [0.3, 0.4) is 0 Å². The van der Waals surface area contributed by atoms with Crippen LogP contribution in [-0.4, -0.2) is 28.6 Å². The summed E-state index contributed by atoms with van der Waals surface area (Å²) in [5.74, 6) is 0.410. The number of nitrogens with two attached hydrogens (primary N) is 1. The summed E-state index contributed by atoms with van der Waals surface area (Å²) in [6.45, 7) is 2.32. The SMILES string of the molecule is Cc1noc2ncc(C(=O)NCC(N)C3CC3)cc12. The van der Waals surface area contributed by atoms with Gasteiger partial charge < -0.3 is 15.6 Å². The van der Waals surface area contributed by atoms with E-state index in [1.54, 1.807) is 6.07 Å². The van der Waals surface area contributed by atoms with E-state index in [-0.39, 0.29) is 11.9 Å². The molecule has 1 amide bonds. The zero-order valence-electron chi connectivity index (χ0n) is 10.7. The molecule has 0 aliphatic heterocycles. The van der Waals surface area contributed by atoms with Crippen molar-refractivity contribution in [1.82, 2.24) is 15.5 Å². The summed E-state index contributed by atoms with van der Waals surface area (Å²) < 4.78 is 5.01. The van der Waals surface area contributed by atoms with Crippen molar-refractivity contribution in [3.63, 3.8) is 0 Å². The number of rotatable bonds is 4. The van der Waals surface area contributed by atoms with E-state index in [9.17, 15) is 4.79 Å². The number of carbonyl (C=O) groups excluding carboxylic acids is 1. The second kappa shape index (κ2) is 4.62. The number of nitrogens with one attached hydrogen (secondary N) is 1. The quantitative estimate of drug-likeness (QED) is 0.855. The molecule has 2 aromatic rings. The Labute approximate surface area is 110 Å². The molecule has 0 bridgehead atoms. The van der Waals surface area contributed by atoms with Crippen molar-refractivity contribution in [3.8, 4) is 0 Å². The third-order valence-corrected chi connectivity index (χ3v) is 3.50. The Kier molecular flexibility index (Phi) is 2.94. The van der Waals surface area contributed by atoms with Gasteiger partial charge in [0.25, 0.3) is 11.6 Å². The molecule has 1 aliphatic rings. The van der Waals surface area contributed by atoms with Crippen LogP contribution in [0.2, 0.25) is 0 Å². The van der Waals surface area contributed by atoms with Gasteiger partial charge in [-0.15, -0.1) is 0 Å². The third-order valence-electron chi connectivity index (χ3n) is 3.50. The average Bonchev–Trinajstić information content (AvgIpc) is 3.21. The van der Waals surface area contributed by atoms with Crippen LogP contribution >= 0.6 is 0 Å². The summed E-state index contributed by atoms with van der Waals surface area (Å²) in [5.41, 5.74) is 7.63. The van der Waals surface area contributed by atoms with Gasteiger partial charge in [-0.2, -0.15) is 0 Å². The highest BCUT2D eigenvalue weighted by molar-refractivity contribution is 5.96. The number of hydrogen-bond donors (Lipinski definition) is 2. The molecule has 1 fully saturated rings. The number of fused-ring (bicyclic) bond motifs is 1. The fraction of sp³-hybridized carbons (Fsp3) is 0.462. The summed E-state index contributed by atoms with van der Waals surface area (Å²) >= 11 is 0. The second-order valence-electron chi connectivity index (χ2n) is 5.06. The van der Waals surface area contributed by atoms with E-state index < -0.39 is 0 Å². The van der Waals surface area contributed by atoms with Crippen LogP contribution in [0.15, 0.2) is 16.8 Å². The molecular formula is C13H16N4O2. The number of aryl methyl sites for hydroxylation is 1. The molecule has 3 N–H and O–H groups in total. The molecular weight excluding hydrogens is 244 g/mol. The Bertz CT molecular complexity index is 618. The van der Waals surface area contributed by atoms with Crippen molar-refractivity contribution in [1.29, 1.82) is 0 Å². The van der Waals surface area contributed by atoms with Gasteiger partial charge in [0.15, 0.2) is 0 Å². The lowest BCUT2D eigenvalue weighted by molar-refractivity contribution is 0.0950. The minimum absolute atomic E-state index is 0.0537. The fourth-order valence-corrected chi connectivity index (χ4v) is 2.07. The molecule has 2 aromatic heterocycles. The minimum atomic E-state index is -0.161. The second-order valence-corrected chi connectivity index (χ2v) is 5.06. The van der Waals surface area contributed by atoms with Crippen LogP contribution < -0.4 is 11.1 Å². The maximum atomic E-state index is 12.0. The Morgan fingerprint density at radius 1 is 1.63 bits per heavy atom. The standard InChI is InChI=1S/C13H16N4O2/c1-7-10-4-9(5-16-13(10)19-17-7)12(18)15-6-11(14)8-2-3-8/h4-5,8,11H,2-3,6,14H2,1H3,(H,15,18). The molecule has 1 aliphatic carbocycles. The molecule has 1 atom stereocenters. The summed E-state index contributed by atoms with van der Waals surface area (Å²) in [6.07, 6.45) is 3.83. The lowest BCUT2D eigenvalue weighted by Gasteiger charge is -2.11. The van der Waals surface area contributed by atoms with Gasteiger partial charge in [0, 0.05) is 18.8 Å². The fourth-order valence-electron chi connectivity index (χ4n) is 2.07. The first-order valence-electron chi connectivity index (χ1n) is 6.41. The van der Waals surface area contributed by atoms with Crippen molar-refractivity contribution >= 4 is 17.0 Å². The molecule has 0 aromatic carbocycles. The van der Waals surface area contributed by atoms with Crippen molar-refractivity contribution in [2.75, 3.05) is 6.54 Å². The smallest absolute Gasteiger partial charge is 0.257 e. The minimum Gasteiger partial charge on any atom is -0.350 e. The molecule has 3 rings (SSSR count). The number of hydrogen-bond acceptors (Lipinski definition) is 5. The Hall–Kier alpha value is -1.95. The summed E-state index contributed by atoms with van der Waals surface area (Å²) in [7, 11) is 0. The third kappa shape index (κ3) is 2.44. The van der Waals surface area contributed by atoms with E-state index in [0.717, 1.165) is 11.1 Å². The van der Waals surface area contributed by atoms with Crippen molar-refractivity contribution in [2.45, 2.75) is 25.8 Å². The highest BCUT2D eigenvalue weighted by Crippen LogP contribution is 2.31. The van der Waals surface area contributed by atoms with E-state index in [2.05, 4.69) is 15.5 Å². The molecule has 2 heterocycles. The molecule has 6 heteroatoms. The van der Waals surface area contributed by atoms with E-state index in [1.807, 2.05) is 6.92 Å². The number of pyridine rings is 1. The average molecular weight is 260 g/mol. The van der Waals surface area contributed by atoms with Crippen LogP contribution in [0.5, 0.6) is 0 Å². The zero-order chi connectivity index (χ0) is 13.4. The first-order chi connectivity index (χ1) is 9.15. The normalized spacial score (nSPS) is 16.5. The summed E-state index contributed by atoms with van der Waals surface area (Å²) in [4.78, 5) is 16.1. The molecule has 1 unspecified atom stereocenters. The van der Waals surface area contributed by atoms with E-state index >= 15 is 0 Å². The van der Waals surface area contributed by atoms with Crippen molar-refractivity contribution in [2.24, 2.45) is 11.7 Å². The number of amides is 1. The zero-order valence-corrected chi connectivity index (χ0v) is 10.7. The van der Waals surface area contributed by atoms with Gasteiger partial charge in [0.2, 0.25) is 0 Å². The number of carbonyl (C=O) groups is 1. The van der Waals surface area contributed by atoms with Crippen molar-refractivity contribution in [3.05, 3.63) is 23.5 Å². The Morgan fingerprint density at radius 2 is 2.42 bits per heavy atom. The topological polar surface area (TPSA) is 94.0 Å². The molecule has 19 heavy (non-hydrogen) atoms. The van der Waals surface area contributed by atoms with E-state index in [0.29, 0.717) is 23.7 Å². The van der Waals surface area contributed by atoms with Crippen molar-refractivity contribution < 1.29 is 9.32 Å². The molecule has 0 spiro atoms. The summed E-state index contributed by atoms with van der Waals surface area (Å²) in [5, 5.41) is 7.42. The predicted molar refractivity (Wildman–Crippen MR) is 69.6 cm³/mol. The van der Waals surface area contributed by atoms with Gasteiger partial charge in [0.05, 0.1) is 16.6 Å².